The van der Waals surface area contributed by atoms with Crippen molar-refractivity contribution in [2.75, 3.05) is 33.8 Å². The van der Waals surface area contributed by atoms with Gasteiger partial charge in [0.1, 0.15) is 0 Å². The van der Waals surface area contributed by atoms with E-state index < -0.39 is 0 Å². The van der Waals surface area contributed by atoms with Gasteiger partial charge in [0.05, 0.1) is 19.2 Å². The van der Waals surface area contributed by atoms with Crippen LogP contribution in [0.3, 0.4) is 0 Å². The second kappa shape index (κ2) is 9.53. The molecule has 0 saturated carbocycles. The number of nitrogens with zero attached hydrogens (tertiary/aromatic N) is 2. The van der Waals surface area contributed by atoms with Crippen LogP contribution in [0.5, 0.6) is 0 Å². The second-order valence-electron chi connectivity index (χ2n) is 6.59. The summed E-state index contributed by atoms with van der Waals surface area (Å²) in [5, 5.41) is 2.94. The Balaban J connectivity index is 1.79. The molecule has 2 rings (SSSR count). The van der Waals surface area contributed by atoms with Crippen LogP contribution >= 0.6 is 0 Å². The fourth-order valence-corrected chi connectivity index (χ4v) is 3.01. The molecule has 0 bridgehead atoms. The zero-order valence-electron chi connectivity index (χ0n) is 15.5. The van der Waals surface area contributed by atoms with E-state index in [0.29, 0.717) is 19.8 Å². The molecule has 1 saturated heterocycles. The lowest BCUT2D eigenvalue weighted by Gasteiger charge is -2.25. The van der Waals surface area contributed by atoms with E-state index in [1.54, 1.807) is 19.0 Å². The molecule has 6 heteroatoms. The first-order valence-corrected chi connectivity index (χ1v) is 8.88. The number of hydrogen-bond donors (Lipinski definition) is 1. The number of rotatable bonds is 8. The number of nitrogens with one attached hydrogen (secondary N) is 1. The Kier molecular flexibility index (Phi) is 7.40. The highest BCUT2D eigenvalue weighted by molar-refractivity contribution is 5.83. The van der Waals surface area contributed by atoms with Gasteiger partial charge in [0, 0.05) is 27.2 Å². The van der Waals surface area contributed by atoms with Crippen LogP contribution in [0.15, 0.2) is 24.3 Å². The van der Waals surface area contributed by atoms with Crippen molar-refractivity contribution in [2.24, 2.45) is 0 Å². The van der Waals surface area contributed by atoms with E-state index >= 15 is 0 Å². The Hall–Kier alpha value is -1.92. The molecule has 1 unspecified atom stereocenters. The minimum atomic E-state index is -0.168. The summed E-state index contributed by atoms with van der Waals surface area (Å²) in [5.41, 5.74) is 2.18. The van der Waals surface area contributed by atoms with Gasteiger partial charge in [-0.25, -0.2) is 0 Å². The largest absolute Gasteiger partial charge is 0.377 e. The lowest BCUT2D eigenvalue weighted by Crippen LogP contribution is -2.46. The highest BCUT2D eigenvalue weighted by Crippen LogP contribution is 2.18. The maximum absolute atomic E-state index is 12.2. The molecule has 0 spiro atoms. The molecule has 25 heavy (non-hydrogen) atoms. The summed E-state index contributed by atoms with van der Waals surface area (Å²) in [5.74, 6) is 0.0343. The van der Waals surface area contributed by atoms with Crippen LogP contribution in [-0.2, 0) is 27.5 Å². The lowest BCUT2D eigenvalue weighted by molar-refractivity contribution is -0.134. The number of likely N-dealkylation sites (N-methyl/N-ethyl adjacent to an activating group) is 1. The molecular formula is C19H29N3O3. The van der Waals surface area contributed by atoms with Crippen LogP contribution in [0.2, 0.25) is 0 Å². The van der Waals surface area contributed by atoms with Crippen LogP contribution in [0.1, 0.15) is 30.9 Å². The second-order valence-corrected chi connectivity index (χ2v) is 6.59. The average Bonchev–Trinajstić information content (AvgIpc) is 3.06. The molecule has 1 aromatic rings. The van der Waals surface area contributed by atoms with Gasteiger partial charge in [0.15, 0.2) is 0 Å². The van der Waals surface area contributed by atoms with E-state index in [2.05, 4.69) is 5.32 Å². The van der Waals surface area contributed by atoms with Gasteiger partial charge in [-0.2, -0.15) is 0 Å². The molecule has 1 aromatic carbocycles. The van der Waals surface area contributed by atoms with Crippen molar-refractivity contribution in [1.29, 1.82) is 0 Å². The summed E-state index contributed by atoms with van der Waals surface area (Å²) >= 11 is 0. The Labute approximate surface area is 150 Å². The minimum Gasteiger partial charge on any atom is -0.377 e. The van der Waals surface area contributed by atoms with Crippen molar-refractivity contribution >= 4 is 11.8 Å². The zero-order chi connectivity index (χ0) is 18.2. The lowest BCUT2D eigenvalue weighted by atomic mass is 10.1. The molecule has 1 fully saturated rings. The van der Waals surface area contributed by atoms with E-state index in [1.807, 2.05) is 36.1 Å². The molecule has 0 aromatic heterocycles. The van der Waals surface area contributed by atoms with E-state index in [-0.39, 0.29) is 24.4 Å². The molecule has 138 valence electrons. The predicted molar refractivity (Wildman–Crippen MR) is 96.9 cm³/mol. The standard InChI is InChI=1S/C19H29N3O3/c1-4-25-14-16-9-7-15(8-10-16)12-20-18(23)13-22-11-5-6-17(22)19(24)21(2)3/h7-10,17H,4-6,11-14H2,1-3H3,(H,20,23). The van der Waals surface area contributed by atoms with E-state index in [0.717, 1.165) is 30.5 Å². The van der Waals surface area contributed by atoms with Crippen LogP contribution in [0.4, 0.5) is 0 Å². The van der Waals surface area contributed by atoms with Crippen molar-refractivity contribution in [3.05, 3.63) is 35.4 Å². The number of likely N-dealkylation sites (tertiary alicyclic amines) is 1. The fraction of sp³-hybridized carbons (Fsp3) is 0.579. The Morgan fingerprint density at radius 1 is 1.24 bits per heavy atom. The summed E-state index contributed by atoms with van der Waals surface area (Å²) in [6.07, 6.45) is 1.78. The molecule has 1 aliphatic heterocycles. The molecule has 0 radical (unpaired) electrons. The van der Waals surface area contributed by atoms with Crippen LogP contribution < -0.4 is 5.32 Å². The first-order valence-electron chi connectivity index (χ1n) is 8.88. The molecule has 1 aliphatic rings. The number of amides is 2. The minimum absolute atomic E-state index is 0.0446. The highest BCUT2D eigenvalue weighted by atomic mass is 16.5. The third-order valence-corrected chi connectivity index (χ3v) is 4.42. The normalized spacial score (nSPS) is 17.5. The first kappa shape index (κ1) is 19.4. The first-order chi connectivity index (χ1) is 12.0. The van der Waals surface area contributed by atoms with Crippen LogP contribution in [-0.4, -0.2) is 61.4 Å². The van der Waals surface area contributed by atoms with Crippen molar-refractivity contribution < 1.29 is 14.3 Å². The van der Waals surface area contributed by atoms with Gasteiger partial charge in [-0.3, -0.25) is 14.5 Å². The smallest absolute Gasteiger partial charge is 0.239 e. The molecule has 6 nitrogen and oxygen atoms in total. The maximum Gasteiger partial charge on any atom is 0.239 e. The summed E-state index contributed by atoms with van der Waals surface area (Å²) < 4.78 is 5.37. The van der Waals surface area contributed by atoms with E-state index in [1.165, 1.54) is 0 Å². The predicted octanol–water partition coefficient (Wildman–Crippen LogP) is 1.39. The monoisotopic (exact) mass is 347 g/mol. The fourth-order valence-electron chi connectivity index (χ4n) is 3.01. The SMILES string of the molecule is CCOCc1ccc(CNC(=O)CN2CCCC2C(=O)N(C)C)cc1. The Bertz CT molecular complexity index is 572. The van der Waals surface area contributed by atoms with E-state index in [4.69, 9.17) is 4.74 Å². The van der Waals surface area contributed by atoms with Gasteiger partial charge in [0.25, 0.3) is 0 Å². The number of carbonyl (C=O) groups is 2. The van der Waals surface area contributed by atoms with Gasteiger partial charge in [0.2, 0.25) is 11.8 Å². The molecule has 2 amide bonds. The van der Waals surface area contributed by atoms with Crippen LogP contribution in [0.25, 0.3) is 0 Å². The summed E-state index contributed by atoms with van der Waals surface area (Å²) in [4.78, 5) is 28.0. The van der Waals surface area contributed by atoms with Crippen molar-refractivity contribution in [1.82, 2.24) is 15.1 Å². The molecule has 0 aliphatic carbocycles. The Morgan fingerprint density at radius 2 is 1.92 bits per heavy atom. The summed E-state index contributed by atoms with van der Waals surface area (Å²) in [7, 11) is 3.52. The molecule has 1 N–H and O–H groups in total. The van der Waals surface area contributed by atoms with Gasteiger partial charge in [-0.05, 0) is 37.4 Å². The van der Waals surface area contributed by atoms with Gasteiger partial charge >= 0.3 is 0 Å². The molecule has 1 heterocycles. The van der Waals surface area contributed by atoms with Gasteiger partial charge in [-0.15, -0.1) is 0 Å². The van der Waals surface area contributed by atoms with E-state index in [9.17, 15) is 9.59 Å². The quantitative estimate of drug-likeness (QED) is 0.772. The number of benzene rings is 1. The maximum atomic E-state index is 12.2. The van der Waals surface area contributed by atoms with Gasteiger partial charge in [-0.1, -0.05) is 24.3 Å². The van der Waals surface area contributed by atoms with Crippen LogP contribution in [0, 0.1) is 0 Å². The number of hydrogen-bond acceptors (Lipinski definition) is 4. The topological polar surface area (TPSA) is 61.9 Å². The highest BCUT2D eigenvalue weighted by Gasteiger charge is 2.32. The molecule has 1 atom stereocenters. The van der Waals surface area contributed by atoms with Crippen molar-refractivity contribution in [3.63, 3.8) is 0 Å². The Morgan fingerprint density at radius 3 is 2.56 bits per heavy atom. The third-order valence-electron chi connectivity index (χ3n) is 4.42. The number of ether oxygens (including phenoxy) is 1. The summed E-state index contributed by atoms with van der Waals surface area (Å²) in [6.45, 7) is 4.84. The van der Waals surface area contributed by atoms with Crippen molar-refractivity contribution in [3.8, 4) is 0 Å². The zero-order valence-corrected chi connectivity index (χ0v) is 15.5. The molecular weight excluding hydrogens is 318 g/mol. The summed E-state index contributed by atoms with van der Waals surface area (Å²) in [6, 6.07) is 7.87. The number of carbonyl (C=O) groups excluding carboxylic acids is 2. The third kappa shape index (κ3) is 5.83. The van der Waals surface area contributed by atoms with Crippen molar-refractivity contribution in [2.45, 2.75) is 39.0 Å². The average molecular weight is 347 g/mol. The van der Waals surface area contributed by atoms with Gasteiger partial charge < -0.3 is 15.0 Å².